The van der Waals surface area contributed by atoms with Crippen LogP contribution in [0.2, 0.25) is 0 Å². The third kappa shape index (κ3) is 3.24. The fraction of sp³-hybridized carbons (Fsp3) is 0.312. The summed E-state index contributed by atoms with van der Waals surface area (Å²) in [6.07, 6.45) is 1.32. The molecule has 2 aromatic rings. The van der Waals surface area contributed by atoms with Crippen LogP contribution in [-0.4, -0.2) is 29.4 Å². The Morgan fingerprint density at radius 1 is 1.48 bits per heavy atom. The molecule has 1 fully saturated rings. The van der Waals surface area contributed by atoms with Crippen LogP contribution in [0.15, 0.2) is 29.8 Å². The van der Waals surface area contributed by atoms with Crippen LogP contribution in [0.5, 0.6) is 0 Å². The molecule has 0 bridgehead atoms. The maximum Gasteiger partial charge on any atom is 0.263 e. The van der Waals surface area contributed by atoms with E-state index in [4.69, 9.17) is 0 Å². The van der Waals surface area contributed by atoms with Crippen molar-refractivity contribution in [1.82, 2.24) is 10.3 Å². The molecule has 0 saturated carbocycles. The number of piperidine rings is 1. The predicted molar refractivity (Wildman–Crippen MR) is 86.1 cm³/mol. The molecule has 1 aliphatic heterocycles. The van der Waals surface area contributed by atoms with Crippen LogP contribution < -0.4 is 10.2 Å². The van der Waals surface area contributed by atoms with Gasteiger partial charge >= 0.3 is 0 Å². The quantitative estimate of drug-likeness (QED) is 0.939. The first-order chi connectivity index (χ1) is 11.1. The molecule has 5 nitrogen and oxygen atoms in total. The van der Waals surface area contributed by atoms with Gasteiger partial charge < -0.3 is 10.2 Å². The van der Waals surface area contributed by atoms with E-state index in [2.05, 4.69) is 10.3 Å². The van der Waals surface area contributed by atoms with Crippen LogP contribution in [0.1, 0.15) is 28.2 Å². The van der Waals surface area contributed by atoms with Crippen LogP contribution >= 0.6 is 11.3 Å². The van der Waals surface area contributed by atoms with Gasteiger partial charge in [-0.1, -0.05) is 6.07 Å². The number of hydrogen-bond acceptors (Lipinski definition) is 4. The lowest BCUT2D eigenvalue weighted by Crippen LogP contribution is -2.52. The van der Waals surface area contributed by atoms with Crippen molar-refractivity contribution < 1.29 is 14.0 Å². The molecular formula is C16H16FN3O2S. The van der Waals surface area contributed by atoms with E-state index < -0.39 is 6.04 Å². The van der Waals surface area contributed by atoms with E-state index in [9.17, 15) is 14.0 Å². The van der Waals surface area contributed by atoms with Crippen LogP contribution in [0.3, 0.4) is 0 Å². The van der Waals surface area contributed by atoms with Crippen LogP contribution in [-0.2, 0) is 4.79 Å². The number of carbonyl (C=O) groups excluding carboxylic acids is 2. The molecule has 23 heavy (non-hydrogen) atoms. The van der Waals surface area contributed by atoms with Gasteiger partial charge in [0.2, 0.25) is 5.91 Å². The van der Waals surface area contributed by atoms with Gasteiger partial charge in [0, 0.05) is 12.2 Å². The molecular weight excluding hydrogens is 317 g/mol. The number of rotatable bonds is 3. The van der Waals surface area contributed by atoms with E-state index in [1.54, 1.807) is 24.6 Å². The summed E-state index contributed by atoms with van der Waals surface area (Å²) >= 11 is 1.25. The Kier molecular flexibility index (Phi) is 4.38. The lowest BCUT2D eigenvalue weighted by atomic mass is 10.0. The van der Waals surface area contributed by atoms with E-state index in [0.717, 1.165) is 6.42 Å². The van der Waals surface area contributed by atoms with E-state index in [0.29, 0.717) is 29.2 Å². The summed E-state index contributed by atoms with van der Waals surface area (Å²) in [4.78, 5) is 31.0. The summed E-state index contributed by atoms with van der Waals surface area (Å²) in [5.74, 6) is -0.886. The second-order valence-electron chi connectivity index (χ2n) is 5.40. The van der Waals surface area contributed by atoms with Crippen molar-refractivity contribution in [3.8, 4) is 0 Å². The number of hydrogen-bond donors (Lipinski definition) is 1. The van der Waals surface area contributed by atoms with Crippen LogP contribution in [0.4, 0.5) is 10.1 Å². The average molecular weight is 333 g/mol. The molecule has 0 radical (unpaired) electrons. The maximum atomic E-state index is 13.4. The largest absolute Gasteiger partial charge is 0.339 e. The lowest BCUT2D eigenvalue weighted by molar-refractivity contribution is -0.121. The molecule has 1 unspecified atom stereocenters. The Bertz CT molecular complexity index is 746. The first-order valence-corrected chi connectivity index (χ1v) is 8.22. The topological polar surface area (TPSA) is 62.3 Å². The van der Waals surface area contributed by atoms with Gasteiger partial charge in [0.15, 0.2) is 0 Å². The van der Waals surface area contributed by atoms with E-state index in [-0.39, 0.29) is 17.6 Å². The van der Waals surface area contributed by atoms with Gasteiger partial charge in [0.1, 0.15) is 16.7 Å². The standard InChI is InChI=1S/C16H16FN3O2S/c1-10-14(23-9-18-10)15(21)19-13-6-3-7-20(16(13)22)12-5-2-4-11(17)8-12/h2,4-5,8-9,13H,3,6-7H2,1H3,(H,19,21). The highest BCUT2D eigenvalue weighted by molar-refractivity contribution is 7.11. The van der Waals surface area contributed by atoms with Crippen molar-refractivity contribution in [1.29, 1.82) is 0 Å². The minimum absolute atomic E-state index is 0.211. The van der Waals surface area contributed by atoms with Crippen molar-refractivity contribution >= 4 is 28.8 Å². The number of anilines is 1. The highest BCUT2D eigenvalue weighted by atomic mass is 32.1. The molecule has 1 aromatic heterocycles. The minimum atomic E-state index is -0.596. The van der Waals surface area contributed by atoms with Crippen LogP contribution in [0, 0.1) is 12.7 Å². The zero-order valence-electron chi connectivity index (χ0n) is 12.6. The number of nitrogens with zero attached hydrogens (tertiary/aromatic N) is 2. The second kappa shape index (κ2) is 6.45. The van der Waals surface area contributed by atoms with Gasteiger partial charge in [0.25, 0.3) is 5.91 Å². The van der Waals surface area contributed by atoms with E-state index in [1.165, 1.54) is 28.4 Å². The Morgan fingerprint density at radius 2 is 2.30 bits per heavy atom. The van der Waals surface area contributed by atoms with E-state index in [1.807, 2.05) is 0 Å². The number of aryl methyl sites for hydroxylation is 1. The summed E-state index contributed by atoms with van der Waals surface area (Å²) in [5.41, 5.74) is 2.77. The SMILES string of the molecule is Cc1ncsc1C(=O)NC1CCCN(c2cccc(F)c2)C1=O. The van der Waals surface area contributed by atoms with Gasteiger partial charge in [0.05, 0.1) is 11.2 Å². The summed E-state index contributed by atoms with van der Waals surface area (Å²) in [6, 6.07) is 5.33. The molecule has 1 aromatic carbocycles. The number of benzene rings is 1. The van der Waals surface area contributed by atoms with Crippen molar-refractivity contribution in [3.05, 3.63) is 46.2 Å². The monoisotopic (exact) mass is 333 g/mol. The Morgan fingerprint density at radius 3 is 3.00 bits per heavy atom. The summed E-state index contributed by atoms with van der Waals surface area (Å²) < 4.78 is 13.4. The van der Waals surface area contributed by atoms with Crippen molar-refractivity contribution in [2.45, 2.75) is 25.8 Å². The molecule has 2 heterocycles. The Labute approximate surface area is 137 Å². The number of halogens is 1. The third-order valence-corrected chi connectivity index (χ3v) is 4.74. The number of amides is 2. The molecule has 1 atom stereocenters. The molecule has 1 N–H and O–H groups in total. The Hall–Kier alpha value is -2.28. The van der Waals surface area contributed by atoms with Gasteiger partial charge in [-0.25, -0.2) is 9.37 Å². The molecule has 0 aliphatic carbocycles. The highest BCUT2D eigenvalue weighted by Gasteiger charge is 2.31. The van der Waals surface area contributed by atoms with Crippen molar-refractivity contribution in [2.24, 2.45) is 0 Å². The second-order valence-corrected chi connectivity index (χ2v) is 6.26. The normalized spacial score (nSPS) is 18.1. The zero-order valence-corrected chi connectivity index (χ0v) is 13.4. The molecule has 7 heteroatoms. The molecule has 2 amide bonds. The van der Waals surface area contributed by atoms with Crippen molar-refractivity contribution in [2.75, 3.05) is 11.4 Å². The predicted octanol–water partition coefficient (Wildman–Crippen LogP) is 2.52. The molecule has 0 spiro atoms. The van der Waals surface area contributed by atoms with Gasteiger partial charge in [-0.05, 0) is 38.0 Å². The number of carbonyl (C=O) groups is 2. The van der Waals surface area contributed by atoms with Crippen molar-refractivity contribution in [3.63, 3.8) is 0 Å². The van der Waals surface area contributed by atoms with E-state index >= 15 is 0 Å². The molecule has 120 valence electrons. The van der Waals surface area contributed by atoms with Gasteiger partial charge in [-0.15, -0.1) is 11.3 Å². The molecule has 1 saturated heterocycles. The lowest BCUT2D eigenvalue weighted by Gasteiger charge is -2.32. The Balaban J connectivity index is 1.75. The molecule has 1 aliphatic rings. The highest BCUT2D eigenvalue weighted by Crippen LogP contribution is 2.22. The minimum Gasteiger partial charge on any atom is -0.339 e. The maximum absolute atomic E-state index is 13.4. The average Bonchev–Trinajstić information content (AvgIpc) is 2.95. The summed E-state index contributed by atoms with van der Waals surface area (Å²) in [7, 11) is 0. The fourth-order valence-corrected chi connectivity index (χ4v) is 3.36. The summed E-state index contributed by atoms with van der Waals surface area (Å²) in [5, 5.41) is 2.77. The smallest absolute Gasteiger partial charge is 0.263 e. The first kappa shape index (κ1) is 15.6. The van der Waals surface area contributed by atoms with Gasteiger partial charge in [-0.3, -0.25) is 9.59 Å². The van der Waals surface area contributed by atoms with Gasteiger partial charge in [-0.2, -0.15) is 0 Å². The third-order valence-electron chi connectivity index (χ3n) is 3.82. The van der Waals surface area contributed by atoms with Crippen LogP contribution in [0.25, 0.3) is 0 Å². The number of aromatic nitrogens is 1. The molecule has 3 rings (SSSR count). The number of thiazole rings is 1. The fourth-order valence-electron chi connectivity index (χ4n) is 2.65. The summed E-state index contributed by atoms with van der Waals surface area (Å²) in [6.45, 7) is 2.28. The number of nitrogens with one attached hydrogen (secondary N) is 1. The zero-order chi connectivity index (χ0) is 16.4. The first-order valence-electron chi connectivity index (χ1n) is 7.34.